The number of thiol groups is 1. The molecule has 0 aromatic rings. The van der Waals surface area contributed by atoms with Gasteiger partial charge in [0.1, 0.15) is 4.91 Å². The molecule has 0 aromatic carbocycles. The smallest absolute Gasteiger partial charge is 0.0991 e. The quantitative estimate of drug-likeness (QED) is 0.364. The van der Waals surface area contributed by atoms with Crippen LogP contribution in [0.5, 0.6) is 0 Å². The molecule has 0 aromatic heterocycles. The first-order chi connectivity index (χ1) is 7.20. The Morgan fingerprint density at radius 1 is 1.20 bits per heavy atom. The van der Waals surface area contributed by atoms with E-state index in [4.69, 9.17) is 0 Å². The molecule has 84 valence electrons. The summed E-state index contributed by atoms with van der Waals surface area (Å²) >= 11 is 1.17. The summed E-state index contributed by atoms with van der Waals surface area (Å²) in [7, 11) is 0. The van der Waals surface area contributed by atoms with Gasteiger partial charge in [-0.15, -0.1) is 0 Å². The van der Waals surface area contributed by atoms with Crippen LogP contribution >= 0.6 is 0 Å². The maximum atomic E-state index is 3.93. The second kappa shape index (κ2) is 13.1. The summed E-state index contributed by atoms with van der Waals surface area (Å²) in [6.45, 7) is 15.6. The molecule has 1 heteroatoms. The van der Waals surface area contributed by atoms with E-state index in [9.17, 15) is 0 Å². The fourth-order valence-corrected chi connectivity index (χ4v) is 1.49. The highest BCUT2D eigenvalue weighted by Gasteiger charge is 2.01. The molecule has 0 rings (SSSR count). The van der Waals surface area contributed by atoms with Crippen molar-refractivity contribution >= 4 is 11.8 Å². The van der Waals surface area contributed by atoms with Gasteiger partial charge in [-0.3, -0.25) is 0 Å². The molecule has 0 bridgehead atoms. The Hall–Kier alpha value is -0.950. The molecule has 0 fully saturated rings. The second-order valence-electron chi connectivity index (χ2n) is 2.53. The lowest BCUT2D eigenvalue weighted by molar-refractivity contribution is 1.50. The van der Waals surface area contributed by atoms with Crippen LogP contribution in [-0.4, -0.2) is 0 Å². The van der Waals surface area contributed by atoms with Crippen LogP contribution in [0.2, 0.25) is 0 Å². The topological polar surface area (TPSA) is 0 Å². The van der Waals surface area contributed by atoms with Crippen molar-refractivity contribution in [3.05, 3.63) is 59.4 Å². The van der Waals surface area contributed by atoms with Crippen molar-refractivity contribution in [3.63, 3.8) is 0 Å². The maximum Gasteiger partial charge on any atom is 0.150 e. The minimum Gasteiger partial charge on any atom is -0.0991 e. The van der Waals surface area contributed by atoms with Crippen LogP contribution in [0.3, 0.4) is 0 Å². The number of rotatable bonds is 5. The summed E-state index contributed by atoms with van der Waals surface area (Å²) < 4.78 is 0. The highest BCUT2D eigenvalue weighted by molar-refractivity contribution is 7.86. The zero-order chi connectivity index (χ0) is 12.1. The van der Waals surface area contributed by atoms with Gasteiger partial charge in [-0.05, 0) is 25.7 Å². The van der Waals surface area contributed by atoms with E-state index in [1.807, 2.05) is 45.1 Å². The average Bonchev–Trinajstić information content (AvgIpc) is 2.26. The molecule has 0 spiro atoms. The zero-order valence-corrected chi connectivity index (χ0v) is 11.2. The first kappa shape index (κ1) is 16.5. The monoisotopic (exact) mass is 223 g/mol. The Balaban J connectivity index is 0. The van der Waals surface area contributed by atoms with Crippen molar-refractivity contribution in [1.82, 2.24) is 0 Å². The van der Waals surface area contributed by atoms with Crippen LogP contribution in [-0.2, 0) is 11.8 Å². The fraction of sp³-hybridized carbons (Fsp3) is 0.286. The largest absolute Gasteiger partial charge is 0.150 e. The first-order valence-electron chi connectivity index (χ1n) is 5.20. The van der Waals surface area contributed by atoms with Gasteiger partial charge in [-0.25, -0.2) is 0 Å². The molecule has 0 atom stereocenters. The minimum atomic E-state index is 1.08. The molecule has 0 N–H and O–H groups in total. The standard InChI is InChI=1S/C12H16S.C2H6/c1-5-7-9-11(3)13-12(4)10-8-6-2;1-2/h5-10H,1,3H2,2,4H3;1-2H3/p+1/b8-6-,9-7-,12-10+;. The van der Waals surface area contributed by atoms with Gasteiger partial charge >= 0.3 is 0 Å². The first-order valence-corrected chi connectivity index (χ1v) is 6.09. The third-order valence-electron chi connectivity index (χ3n) is 1.27. The summed E-state index contributed by atoms with van der Waals surface area (Å²) in [5, 5.41) is 0. The number of hydrogen-bond donors (Lipinski definition) is 0. The van der Waals surface area contributed by atoms with Gasteiger partial charge in [-0.1, -0.05) is 44.7 Å². The van der Waals surface area contributed by atoms with Gasteiger partial charge in [0.15, 0.2) is 4.91 Å². The normalized spacial score (nSPS) is 11.3. The van der Waals surface area contributed by atoms with Gasteiger partial charge in [-0.2, -0.15) is 0 Å². The van der Waals surface area contributed by atoms with Crippen molar-refractivity contribution in [1.29, 1.82) is 0 Å². The molecule has 0 aliphatic heterocycles. The van der Waals surface area contributed by atoms with Crippen LogP contribution in [0.25, 0.3) is 0 Å². The van der Waals surface area contributed by atoms with E-state index >= 15 is 0 Å². The van der Waals surface area contributed by atoms with Gasteiger partial charge in [0.25, 0.3) is 0 Å². The predicted octanol–water partition coefficient (Wildman–Crippen LogP) is 4.56. The molecular formula is C14H23S+. The Morgan fingerprint density at radius 2 is 1.80 bits per heavy atom. The van der Waals surface area contributed by atoms with E-state index < -0.39 is 0 Å². The van der Waals surface area contributed by atoms with Gasteiger partial charge in [0.05, 0.1) is 0 Å². The number of hydrogen-bond acceptors (Lipinski definition) is 0. The van der Waals surface area contributed by atoms with Crippen molar-refractivity contribution in [2.24, 2.45) is 0 Å². The van der Waals surface area contributed by atoms with E-state index in [0.29, 0.717) is 0 Å². The lowest BCUT2D eigenvalue weighted by atomic mass is 10.4. The SMILES string of the molecule is C=C/C=C\C(=C)[SH+]/C(C)=C/C=C\C.CC. The molecule has 0 heterocycles. The van der Waals surface area contributed by atoms with E-state index in [1.165, 1.54) is 16.7 Å². The van der Waals surface area contributed by atoms with Crippen LogP contribution in [0.1, 0.15) is 27.7 Å². The summed E-state index contributed by atoms with van der Waals surface area (Å²) in [5.74, 6) is 0. The summed E-state index contributed by atoms with van der Waals surface area (Å²) in [4.78, 5) is 2.37. The van der Waals surface area contributed by atoms with Crippen molar-refractivity contribution < 1.29 is 0 Å². The Morgan fingerprint density at radius 3 is 2.27 bits per heavy atom. The number of allylic oxidation sites excluding steroid dienone is 7. The van der Waals surface area contributed by atoms with Crippen LogP contribution < -0.4 is 0 Å². The van der Waals surface area contributed by atoms with Gasteiger partial charge in [0.2, 0.25) is 0 Å². The summed E-state index contributed by atoms with van der Waals surface area (Å²) in [6.07, 6.45) is 11.8. The molecule has 0 saturated heterocycles. The lowest BCUT2D eigenvalue weighted by Crippen LogP contribution is -1.82. The van der Waals surface area contributed by atoms with Gasteiger partial charge < -0.3 is 0 Å². The molecule has 0 nitrogen and oxygen atoms in total. The molecule has 0 amide bonds. The minimum absolute atomic E-state index is 1.08. The van der Waals surface area contributed by atoms with E-state index in [-0.39, 0.29) is 0 Å². The third-order valence-corrected chi connectivity index (χ3v) is 2.21. The molecular weight excluding hydrogens is 200 g/mol. The Bertz CT molecular complexity index is 255. The fourth-order valence-electron chi connectivity index (χ4n) is 0.716. The lowest BCUT2D eigenvalue weighted by Gasteiger charge is -1.87. The predicted molar refractivity (Wildman–Crippen MR) is 77.2 cm³/mol. The molecule has 0 aliphatic carbocycles. The van der Waals surface area contributed by atoms with Crippen molar-refractivity contribution in [2.75, 3.05) is 0 Å². The molecule has 0 unspecified atom stereocenters. The zero-order valence-electron chi connectivity index (χ0n) is 10.3. The van der Waals surface area contributed by atoms with Crippen LogP contribution in [0.4, 0.5) is 0 Å². The van der Waals surface area contributed by atoms with E-state index in [2.05, 4.69) is 26.2 Å². The summed E-state index contributed by atoms with van der Waals surface area (Å²) in [5.41, 5.74) is 0. The van der Waals surface area contributed by atoms with Crippen LogP contribution in [0, 0.1) is 0 Å². The Kier molecular flexibility index (Phi) is 14.3. The van der Waals surface area contributed by atoms with Crippen LogP contribution in [0.15, 0.2) is 59.4 Å². The summed E-state index contributed by atoms with van der Waals surface area (Å²) in [6, 6.07) is 0. The second-order valence-corrected chi connectivity index (χ2v) is 4.04. The average molecular weight is 223 g/mol. The molecule has 0 saturated carbocycles. The van der Waals surface area contributed by atoms with E-state index in [0.717, 1.165) is 4.91 Å². The Labute approximate surface area is 99.2 Å². The van der Waals surface area contributed by atoms with E-state index in [1.54, 1.807) is 6.08 Å². The molecule has 15 heavy (non-hydrogen) atoms. The highest BCUT2D eigenvalue weighted by atomic mass is 32.2. The van der Waals surface area contributed by atoms with Crippen molar-refractivity contribution in [2.45, 2.75) is 27.7 Å². The maximum absolute atomic E-state index is 3.93. The molecule has 0 radical (unpaired) electrons. The van der Waals surface area contributed by atoms with Gasteiger partial charge in [0, 0.05) is 18.7 Å². The third kappa shape index (κ3) is 13.1. The van der Waals surface area contributed by atoms with Crippen molar-refractivity contribution in [3.8, 4) is 0 Å². The molecule has 0 aliphatic rings. The highest BCUT2D eigenvalue weighted by Crippen LogP contribution is 2.06.